The molecule has 196 valence electrons. The van der Waals surface area contributed by atoms with Crippen LogP contribution in [0.4, 0.5) is 0 Å². The van der Waals surface area contributed by atoms with Crippen molar-refractivity contribution in [2.45, 2.75) is 95.9 Å². The highest BCUT2D eigenvalue weighted by Gasteiger charge is 2.67. The lowest BCUT2D eigenvalue weighted by molar-refractivity contribution is -0.166. The Balaban J connectivity index is 1.57. The zero-order valence-corrected chi connectivity index (χ0v) is 22.0. The molecule has 1 aliphatic heterocycles. The second-order valence-corrected chi connectivity index (χ2v) is 12.7. The van der Waals surface area contributed by atoms with Gasteiger partial charge in [-0.05, 0) is 86.8 Å². The van der Waals surface area contributed by atoms with Crippen molar-refractivity contribution in [1.29, 1.82) is 0 Å². The van der Waals surface area contributed by atoms with E-state index in [1.807, 2.05) is 0 Å². The number of piperidine rings is 1. The molecule has 0 amide bonds. The molecule has 3 saturated carbocycles. The van der Waals surface area contributed by atoms with Crippen LogP contribution in [0.3, 0.4) is 0 Å². The van der Waals surface area contributed by atoms with Crippen molar-refractivity contribution < 1.29 is 19.1 Å². The van der Waals surface area contributed by atoms with Gasteiger partial charge in [-0.2, -0.15) is 0 Å². The van der Waals surface area contributed by atoms with Crippen molar-refractivity contribution in [3.05, 3.63) is 11.6 Å². The molecule has 0 radical (unpaired) electrons. The summed E-state index contributed by atoms with van der Waals surface area (Å²) in [4.78, 5) is 27.6. The summed E-state index contributed by atoms with van der Waals surface area (Å²) in [5.41, 5.74) is 14.1. The number of hydrogen-bond donors (Lipinski definition) is 2. The number of allylic oxidation sites excluding steroid dienone is 1. The van der Waals surface area contributed by atoms with Crippen LogP contribution in [0.2, 0.25) is 0 Å². The number of nitrogens with zero attached hydrogens (tertiary/aromatic N) is 1. The molecule has 1 saturated heterocycles. The zero-order chi connectivity index (χ0) is 25.2. The largest absolute Gasteiger partial charge is 0.469 e. The van der Waals surface area contributed by atoms with E-state index in [9.17, 15) is 9.59 Å². The fourth-order valence-electron chi connectivity index (χ4n) is 9.38. The topological polar surface area (TPSA) is 108 Å². The highest BCUT2D eigenvalue weighted by atomic mass is 16.5. The van der Waals surface area contributed by atoms with E-state index < -0.39 is 5.41 Å². The lowest BCUT2D eigenvalue weighted by atomic mass is 9.43. The number of ether oxygens (including phenoxy) is 2. The SMILES string of the molecule is COC(=O)C1C2=CC[C@@H]3[C@H](CC[C@]4(C)[C@@H](C)CC[C@]34N)[C@@]2(C)C(OC=O)C[C@@H]1N1CCC(N)CC1. The first-order chi connectivity index (χ1) is 16.6. The molecule has 1 heterocycles. The van der Waals surface area contributed by atoms with E-state index in [1.165, 1.54) is 13.5 Å². The van der Waals surface area contributed by atoms with Gasteiger partial charge in [0.1, 0.15) is 6.10 Å². The van der Waals surface area contributed by atoms with E-state index in [-0.39, 0.29) is 46.9 Å². The van der Waals surface area contributed by atoms with Crippen LogP contribution < -0.4 is 11.5 Å². The number of likely N-dealkylation sites (tertiary alicyclic amines) is 1. The summed E-state index contributed by atoms with van der Waals surface area (Å²) < 4.78 is 11.3. The first kappa shape index (κ1) is 25.2. The van der Waals surface area contributed by atoms with E-state index in [0.29, 0.717) is 24.7 Å². The van der Waals surface area contributed by atoms with Gasteiger partial charge in [0, 0.05) is 29.5 Å². The molecule has 9 atom stereocenters. The summed E-state index contributed by atoms with van der Waals surface area (Å²) in [5.74, 6) is 0.677. The number of carbonyl (C=O) groups is 2. The summed E-state index contributed by atoms with van der Waals surface area (Å²) >= 11 is 0. The monoisotopic (exact) mass is 487 g/mol. The molecule has 5 rings (SSSR count). The Morgan fingerprint density at radius 3 is 2.51 bits per heavy atom. The van der Waals surface area contributed by atoms with E-state index in [2.05, 4.69) is 31.7 Å². The summed E-state index contributed by atoms with van der Waals surface area (Å²) in [6, 6.07) is 0.155. The first-order valence-electron chi connectivity index (χ1n) is 13.8. The summed E-state index contributed by atoms with van der Waals surface area (Å²) in [5, 5.41) is 0. The van der Waals surface area contributed by atoms with Gasteiger partial charge in [-0.15, -0.1) is 0 Å². The average Bonchev–Trinajstić information content (AvgIpc) is 3.09. The zero-order valence-electron chi connectivity index (χ0n) is 22.0. The molecular weight excluding hydrogens is 442 g/mol. The summed E-state index contributed by atoms with van der Waals surface area (Å²) in [7, 11) is 1.49. The minimum Gasteiger partial charge on any atom is -0.469 e. The van der Waals surface area contributed by atoms with Gasteiger partial charge in [-0.3, -0.25) is 14.5 Å². The second-order valence-electron chi connectivity index (χ2n) is 12.7. The average molecular weight is 488 g/mol. The Morgan fingerprint density at radius 1 is 1.14 bits per heavy atom. The van der Waals surface area contributed by atoms with Gasteiger partial charge < -0.3 is 20.9 Å². The third-order valence-corrected chi connectivity index (χ3v) is 11.8. The minimum atomic E-state index is -0.426. The van der Waals surface area contributed by atoms with Crippen molar-refractivity contribution in [3.8, 4) is 0 Å². The normalized spacial score (nSPS) is 48.2. The minimum absolute atomic E-state index is 0.0528. The van der Waals surface area contributed by atoms with Gasteiger partial charge in [0.25, 0.3) is 6.47 Å². The van der Waals surface area contributed by atoms with E-state index >= 15 is 0 Å². The highest BCUT2D eigenvalue weighted by Crippen LogP contribution is 2.68. The van der Waals surface area contributed by atoms with Gasteiger partial charge >= 0.3 is 5.97 Å². The molecule has 4 aliphatic carbocycles. The van der Waals surface area contributed by atoms with Crippen molar-refractivity contribution in [2.75, 3.05) is 20.2 Å². The maximum absolute atomic E-state index is 13.4. The first-order valence-corrected chi connectivity index (χ1v) is 13.8. The van der Waals surface area contributed by atoms with Crippen LogP contribution in [0.15, 0.2) is 11.6 Å². The Kier molecular flexibility index (Phi) is 6.37. The van der Waals surface area contributed by atoms with E-state index in [4.69, 9.17) is 20.9 Å². The van der Waals surface area contributed by atoms with Gasteiger partial charge in [0.2, 0.25) is 0 Å². The van der Waals surface area contributed by atoms with Gasteiger partial charge in [-0.25, -0.2) is 0 Å². The third kappa shape index (κ3) is 3.47. The maximum atomic E-state index is 13.4. The van der Waals surface area contributed by atoms with Crippen molar-refractivity contribution >= 4 is 12.4 Å². The number of rotatable bonds is 4. The fourth-order valence-corrected chi connectivity index (χ4v) is 9.38. The Bertz CT molecular complexity index is 885. The van der Waals surface area contributed by atoms with Gasteiger partial charge in [0.05, 0.1) is 13.0 Å². The molecule has 0 aromatic rings. The molecule has 0 bridgehead atoms. The number of methoxy groups -OCH3 is 1. The molecule has 7 heteroatoms. The Morgan fingerprint density at radius 2 is 1.86 bits per heavy atom. The van der Waals surface area contributed by atoms with E-state index in [0.717, 1.165) is 57.2 Å². The molecule has 5 aliphatic rings. The fraction of sp³-hybridized carbons (Fsp3) is 0.857. The smallest absolute Gasteiger partial charge is 0.314 e. The maximum Gasteiger partial charge on any atom is 0.314 e. The second kappa shape index (κ2) is 8.84. The van der Waals surface area contributed by atoms with Crippen LogP contribution in [0.5, 0.6) is 0 Å². The lowest BCUT2D eigenvalue weighted by Gasteiger charge is -2.64. The molecule has 7 nitrogen and oxygen atoms in total. The molecule has 35 heavy (non-hydrogen) atoms. The van der Waals surface area contributed by atoms with Gasteiger partial charge in [-0.1, -0.05) is 26.8 Å². The number of esters is 1. The Hall–Kier alpha value is -1.44. The van der Waals surface area contributed by atoms with Crippen molar-refractivity contribution in [1.82, 2.24) is 4.90 Å². The number of fused-ring (bicyclic) bond motifs is 5. The summed E-state index contributed by atoms with van der Waals surface area (Å²) in [6.45, 7) is 9.32. The standard InChI is InChI=1S/C28H45N3O4/c1-17-7-12-28(30)20-5-6-21-24(25(33)34-4)22(31-13-9-18(29)10-14-31)15-23(35-16-32)27(21,3)19(20)8-11-26(17,28)2/h6,16-20,22-24H,5,7-15,29-30H2,1-4H3/t17-,19-,20+,22-,23?,24?,26+,27+,28-/m0/s1. The molecule has 2 unspecified atom stereocenters. The van der Waals surface area contributed by atoms with Crippen LogP contribution >= 0.6 is 0 Å². The molecule has 4 N–H and O–H groups in total. The lowest BCUT2D eigenvalue weighted by Crippen LogP contribution is -2.68. The number of carbonyl (C=O) groups excluding carboxylic acids is 2. The molecule has 0 spiro atoms. The van der Waals surface area contributed by atoms with Crippen LogP contribution in [0.1, 0.15) is 72.1 Å². The molecule has 0 aromatic heterocycles. The van der Waals surface area contributed by atoms with Crippen LogP contribution in [-0.2, 0) is 19.1 Å². The number of hydrogen-bond acceptors (Lipinski definition) is 7. The van der Waals surface area contributed by atoms with Crippen LogP contribution in [-0.4, -0.2) is 61.3 Å². The number of nitrogens with two attached hydrogens (primary N) is 2. The highest BCUT2D eigenvalue weighted by molar-refractivity contribution is 5.78. The molecular formula is C28H45N3O4. The summed E-state index contributed by atoms with van der Waals surface area (Å²) in [6.07, 6.45) is 9.70. The third-order valence-electron chi connectivity index (χ3n) is 11.8. The Labute approximate surface area is 210 Å². The predicted molar refractivity (Wildman–Crippen MR) is 134 cm³/mol. The quantitative estimate of drug-likeness (QED) is 0.356. The molecule has 0 aromatic carbocycles. The molecule has 4 fully saturated rings. The predicted octanol–water partition coefficient (Wildman–Crippen LogP) is 3.01. The van der Waals surface area contributed by atoms with Crippen molar-refractivity contribution in [2.24, 2.45) is 46.0 Å². The van der Waals surface area contributed by atoms with Gasteiger partial charge in [0.15, 0.2) is 0 Å². The van der Waals surface area contributed by atoms with Crippen LogP contribution in [0, 0.1) is 34.5 Å². The van der Waals surface area contributed by atoms with Crippen molar-refractivity contribution in [3.63, 3.8) is 0 Å². The van der Waals surface area contributed by atoms with E-state index in [1.54, 1.807) is 0 Å². The van der Waals surface area contributed by atoms with Crippen LogP contribution in [0.25, 0.3) is 0 Å².